The minimum Gasteiger partial charge on any atom is -0.545 e. The van der Waals surface area contributed by atoms with E-state index in [0.717, 1.165) is 16.7 Å². The lowest BCUT2D eigenvalue weighted by atomic mass is 9.78. The number of carboxylic acids is 1. The first-order valence-electron chi connectivity index (χ1n) is 7.10. The molecule has 0 saturated carbocycles. The molecular weight excluding hydrogens is 264 g/mol. The summed E-state index contributed by atoms with van der Waals surface area (Å²) in [5.74, 6) is -0.949. The fourth-order valence-corrected chi connectivity index (χ4v) is 2.26. The predicted molar refractivity (Wildman–Crippen MR) is 83.4 cm³/mol. The Labute approximate surface area is 127 Å². The van der Waals surface area contributed by atoms with E-state index in [1.807, 2.05) is 53.7 Å². The zero-order valence-electron chi connectivity index (χ0n) is 13.8. The molecule has 3 nitrogen and oxygen atoms in total. The number of hydrogen-bond acceptors (Lipinski definition) is 3. The summed E-state index contributed by atoms with van der Waals surface area (Å²) < 4.78 is 0. The van der Waals surface area contributed by atoms with Gasteiger partial charge in [-0.25, -0.2) is 0 Å². The topological polar surface area (TPSA) is 60.4 Å². The summed E-state index contributed by atoms with van der Waals surface area (Å²) in [4.78, 5) is 10.9. The molecule has 0 aliphatic carbocycles. The van der Waals surface area contributed by atoms with Crippen LogP contribution >= 0.6 is 0 Å². The number of hydrogen-bond donors (Lipinski definition) is 1. The van der Waals surface area contributed by atoms with Crippen LogP contribution in [0, 0.1) is 0 Å². The van der Waals surface area contributed by atoms with Crippen LogP contribution in [0.25, 0.3) is 0 Å². The second kappa shape index (κ2) is 5.55. The Bertz CT molecular complexity index is 534. The van der Waals surface area contributed by atoms with E-state index in [9.17, 15) is 15.0 Å². The number of rotatable bonds is 3. The van der Waals surface area contributed by atoms with Crippen molar-refractivity contribution in [1.29, 1.82) is 0 Å². The Morgan fingerprint density at radius 3 is 1.76 bits per heavy atom. The molecule has 0 aromatic heterocycles. The molecule has 0 saturated heterocycles. The van der Waals surface area contributed by atoms with Gasteiger partial charge in [0, 0.05) is 0 Å². The molecule has 0 spiro atoms. The molecule has 1 aromatic carbocycles. The molecule has 0 fully saturated rings. The SMILES string of the molecule is C=C(Cc1cc(C(C)(C)C)c(O)c(C(C)(C)C)c1)C(=O)[O-]. The Morgan fingerprint density at radius 2 is 1.48 bits per heavy atom. The highest BCUT2D eigenvalue weighted by Crippen LogP contribution is 2.40. The number of phenolic OH excluding ortho intramolecular Hbond substituents is 1. The van der Waals surface area contributed by atoms with Gasteiger partial charge in [0.2, 0.25) is 0 Å². The van der Waals surface area contributed by atoms with Gasteiger partial charge in [-0.1, -0.05) is 60.3 Å². The van der Waals surface area contributed by atoms with Gasteiger partial charge >= 0.3 is 0 Å². The van der Waals surface area contributed by atoms with Crippen LogP contribution in [-0.2, 0) is 22.0 Å². The molecular formula is C18H25O3-. The van der Waals surface area contributed by atoms with Crippen molar-refractivity contribution in [2.45, 2.75) is 58.8 Å². The summed E-state index contributed by atoms with van der Waals surface area (Å²) in [6.45, 7) is 15.6. The zero-order chi connectivity index (χ0) is 16.6. The van der Waals surface area contributed by atoms with Crippen LogP contribution in [0.1, 0.15) is 58.2 Å². The molecule has 21 heavy (non-hydrogen) atoms. The van der Waals surface area contributed by atoms with Gasteiger partial charge in [-0.2, -0.15) is 0 Å². The van der Waals surface area contributed by atoms with Crippen molar-refractivity contribution < 1.29 is 15.0 Å². The van der Waals surface area contributed by atoms with Crippen LogP contribution in [0.4, 0.5) is 0 Å². The monoisotopic (exact) mass is 289 g/mol. The lowest BCUT2D eigenvalue weighted by Crippen LogP contribution is -2.25. The maximum atomic E-state index is 10.9. The lowest BCUT2D eigenvalue weighted by molar-refractivity contribution is -0.299. The molecule has 0 bridgehead atoms. The van der Waals surface area contributed by atoms with E-state index in [1.54, 1.807) is 0 Å². The highest BCUT2D eigenvalue weighted by atomic mass is 16.4. The number of carboxylic acid groups (broad SMARTS) is 1. The summed E-state index contributed by atoms with van der Waals surface area (Å²) >= 11 is 0. The summed E-state index contributed by atoms with van der Waals surface area (Å²) in [6.07, 6.45) is 0.217. The molecule has 0 atom stereocenters. The second-order valence-corrected chi connectivity index (χ2v) is 7.61. The minimum absolute atomic E-state index is 0.0420. The van der Waals surface area contributed by atoms with Crippen LogP contribution < -0.4 is 5.11 Å². The van der Waals surface area contributed by atoms with Crippen LogP contribution in [0.15, 0.2) is 24.3 Å². The van der Waals surface area contributed by atoms with Gasteiger partial charge in [-0.3, -0.25) is 0 Å². The van der Waals surface area contributed by atoms with Crippen LogP contribution in [0.5, 0.6) is 5.75 Å². The van der Waals surface area contributed by atoms with Crippen molar-refractivity contribution in [3.05, 3.63) is 41.0 Å². The van der Waals surface area contributed by atoms with Crippen molar-refractivity contribution in [3.8, 4) is 5.75 Å². The third-order valence-corrected chi connectivity index (χ3v) is 3.49. The highest BCUT2D eigenvalue weighted by molar-refractivity contribution is 5.84. The highest BCUT2D eigenvalue weighted by Gasteiger charge is 2.26. The quantitative estimate of drug-likeness (QED) is 0.870. The molecule has 116 valence electrons. The largest absolute Gasteiger partial charge is 0.545 e. The number of aliphatic carboxylic acids is 1. The number of carbonyl (C=O) groups excluding carboxylic acids is 1. The molecule has 1 rings (SSSR count). The van der Waals surface area contributed by atoms with Crippen molar-refractivity contribution >= 4 is 5.97 Å². The van der Waals surface area contributed by atoms with Crippen LogP contribution in [0.3, 0.4) is 0 Å². The van der Waals surface area contributed by atoms with E-state index in [0.29, 0.717) is 0 Å². The predicted octanol–water partition coefficient (Wildman–Crippen LogP) is 2.84. The maximum Gasteiger partial charge on any atom is 0.123 e. The van der Waals surface area contributed by atoms with E-state index in [2.05, 4.69) is 6.58 Å². The van der Waals surface area contributed by atoms with Gasteiger partial charge in [0.1, 0.15) is 5.75 Å². The van der Waals surface area contributed by atoms with Gasteiger partial charge in [0.05, 0.1) is 5.97 Å². The average Bonchev–Trinajstić information content (AvgIpc) is 2.27. The third-order valence-electron chi connectivity index (χ3n) is 3.49. The first-order valence-corrected chi connectivity index (χ1v) is 7.10. The average molecular weight is 289 g/mol. The van der Waals surface area contributed by atoms with E-state index < -0.39 is 5.97 Å². The molecule has 3 heteroatoms. The molecule has 0 radical (unpaired) electrons. The van der Waals surface area contributed by atoms with Gasteiger partial charge in [-0.15, -0.1) is 0 Å². The Hall–Kier alpha value is -1.77. The van der Waals surface area contributed by atoms with Crippen molar-refractivity contribution in [3.63, 3.8) is 0 Å². The third kappa shape index (κ3) is 4.10. The van der Waals surface area contributed by atoms with E-state index in [-0.39, 0.29) is 28.6 Å². The maximum absolute atomic E-state index is 10.9. The minimum atomic E-state index is -1.24. The Balaban J connectivity index is 3.48. The van der Waals surface area contributed by atoms with Gasteiger partial charge < -0.3 is 15.0 Å². The van der Waals surface area contributed by atoms with Gasteiger partial charge in [0.15, 0.2) is 0 Å². The first kappa shape index (κ1) is 17.3. The van der Waals surface area contributed by atoms with Crippen LogP contribution in [-0.4, -0.2) is 11.1 Å². The fraction of sp³-hybridized carbons (Fsp3) is 0.500. The van der Waals surface area contributed by atoms with E-state index in [4.69, 9.17) is 0 Å². The molecule has 0 heterocycles. The second-order valence-electron chi connectivity index (χ2n) is 7.61. The number of aromatic hydroxyl groups is 1. The van der Waals surface area contributed by atoms with Crippen molar-refractivity contribution in [2.24, 2.45) is 0 Å². The standard InChI is InChI=1S/C18H26O3/c1-11(16(20)21)8-12-9-13(17(2,3)4)15(19)14(10-12)18(5,6)7/h9-10,19H,1,8H2,2-7H3,(H,20,21)/p-1. The molecule has 0 aliphatic rings. The molecule has 0 amide bonds. The summed E-state index contributed by atoms with van der Waals surface area (Å²) in [5.41, 5.74) is 2.04. The summed E-state index contributed by atoms with van der Waals surface area (Å²) in [6, 6.07) is 3.72. The number of carbonyl (C=O) groups is 1. The summed E-state index contributed by atoms with van der Waals surface area (Å²) in [5, 5.41) is 21.5. The van der Waals surface area contributed by atoms with Gasteiger partial charge in [0.25, 0.3) is 0 Å². The molecule has 1 aromatic rings. The lowest BCUT2D eigenvalue weighted by Gasteiger charge is -2.28. The molecule has 1 N–H and O–H groups in total. The molecule has 0 unspecified atom stereocenters. The Morgan fingerprint density at radius 1 is 1.10 bits per heavy atom. The van der Waals surface area contributed by atoms with Gasteiger partial charge in [-0.05, 0) is 39.5 Å². The first-order chi connectivity index (χ1) is 9.34. The zero-order valence-corrected chi connectivity index (χ0v) is 13.8. The summed E-state index contributed by atoms with van der Waals surface area (Å²) in [7, 11) is 0. The normalized spacial score (nSPS) is 12.3. The van der Waals surface area contributed by atoms with Crippen LogP contribution in [0.2, 0.25) is 0 Å². The smallest absolute Gasteiger partial charge is 0.123 e. The number of phenols is 1. The van der Waals surface area contributed by atoms with Crippen molar-refractivity contribution in [1.82, 2.24) is 0 Å². The van der Waals surface area contributed by atoms with Crippen molar-refractivity contribution in [2.75, 3.05) is 0 Å². The Kier molecular flexibility index (Phi) is 4.57. The van der Waals surface area contributed by atoms with E-state index >= 15 is 0 Å². The molecule has 0 aliphatic heterocycles. The fourth-order valence-electron chi connectivity index (χ4n) is 2.26. The number of benzene rings is 1. The van der Waals surface area contributed by atoms with E-state index in [1.165, 1.54) is 0 Å².